The second-order valence-electron chi connectivity index (χ2n) is 2.96. The van der Waals surface area contributed by atoms with Crippen molar-refractivity contribution in [1.29, 1.82) is 0 Å². The quantitative estimate of drug-likeness (QED) is 0.769. The minimum atomic E-state index is -1.09. The highest BCUT2D eigenvalue weighted by Gasteiger charge is 2.11. The highest BCUT2D eigenvalue weighted by Crippen LogP contribution is 2.07. The number of nitrogens with zero attached hydrogens (tertiary/aromatic N) is 4. The smallest absolute Gasteiger partial charge is 0.354 e. The van der Waals surface area contributed by atoms with Gasteiger partial charge in [0.1, 0.15) is 0 Å². The number of carbonyl (C=O) groups is 1. The number of halogens is 1. The molecule has 0 fully saturated rings. The van der Waals surface area contributed by atoms with Gasteiger partial charge in [0.15, 0.2) is 11.5 Å². The maximum Gasteiger partial charge on any atom is 0.354 e. The molecule has 7 heteroatoms. The Bertz CT molecular complexity index is 537. The first-order valence-electron chi connectivity index (χ1n) is 4.14. The molecule has 0 bridgehead atoms. The van der Waals surface area contributed by atoms with Gasteiger partial charge in [-0.25, -0.2) is 14.3 Å². The summed E-state index contributed by atoms with van der Waals surface area (Å²) in [5.74, 6) is -0.237. The molecule has 0 spiro atoms. The number of carboxylic acids is 1. The minimum absolute atomic E-state index is 0.0477. The van der Waals surface area contributed by atoms with Crippen molar-refractivity contribution in [3.8, 4) is 0 Å². The molecule has 0 atom stereocenters. The van der Waals surface area contributed by atoms with Crippen molar-refractivity contribution in [3.05, 3.63) is 23.3 Å². The molecule has 78 valence electrons. The largest absolute Gasteiger partial charge is 0.477 e. The fraction of sp³-hybridized carbons (Fsp3) is 0.250. The van der Waals surface area contributed by atoms with Gasteiger partial charge < -0.3 is 5.11 Å². The van der Waals surface area contributed by atoms with Gasteiger partial charge in [0.05, 0.1) is 5.88 Å². The number of aromatic carboxylic acids is 1. The lowest BCUT2D eigenvalue weighted by Crippen LogP contribution is -2.05. The van der Waals surface area contributed by atoms with E-state index in [1.54, 1.807) is 6.92 Å². The van der Waals surface area contributed by atoms with Crippen molar-refractivity contribution in [3.63, 3.8) is 0 Å². The van der Waals surface area contributed by atoms with E-state index in [0.29, 0.717) is 11.5 Å². The number of aryl methyl sites for hydroxylation is 1. The van der Waals surface area contributed by atoms with Gasteiger partial charge in [-0.2, -0.15) is 4.98 Å². The molecule has 2 rings (SSSR count). The van der Waals surface area contributed by atoms with Gasteiger partial charge in [0.25, 0.3) is 5.78 Å². The monoisotopic (exact) mass is 226 g/mol. The lowest BCUT2D eigenvalue weighted by atomic mass is 10.3. The van der Waals surface area contributed by atoms with Crippen molar-refractivity contribution < 1.29 is 9.90 Å². The summed E-state index contributed by atoms with van der Waals surface area (Å²) in [6.45, 7) is 1.73. The summed E-state index contributed by atoms with van der Waals surface area (Å²) in [6, 6.07) is 1.43. The Hall–Kier alpha value is -1.69. The van der Waals surface area contributed by atoms with Gasteiger partial charge in [-0.3, -0.25) is 0 Å². The van der Waals surface area contributed by atoms with E-state index in [9.17, 15) is 4.79 Å². The first kappa shape index (κ1) is 9.85. The zero-order chi connectivity index (χ0) is 11.0. The molecule has 2 heterocycles. The van der Waals surface area contributed by atoms with Gasteiger partial charge >= 0.3 is 5.97 Å². The SMILES string of the molecule is Cc1cc(C(=O)O)nc2nc(CCl)nn12. The topological polar surface area (TPSA) is 80.4 Å². The zero-order valence-corrected chi connectivity index (χ0v) is 8.56. The van der Waals surface area contributed by atoms with Crippen molar-refractivity contribution in [2.75, 3.05) is 0 Å². The van der Waals surface area contributed by atoms with Crippen molar-refractivity contribution in [2.24, 2.45) is 0 Å². The van der Waals surface area contributed by atoms with Crippen LogP contribution in [0, 0.1) is 6.92 Å². The first-order chi connectivity index (χ1) is 7.11. The second-order valence-corrected chi connectivity index (χ2v) is 3.23. The average Bonchev–Trinajstić information content (AvgIpc) is 2.61. The van der Waals surface area contributed by atoms with Crippen LogP contribution in [-0.2, 0) is 5.88 Å². The molecule has 0 aliphatic carbocycles. The maximum atomic E-state index is 10.7. The van der Waals surface area contributed by atoms with Crippen molar-refractivity contribution in [1.82, 2.24) is 19.6 Å². The molecule has 0 aromatic carbocycles. The molecule has 6 nitrogen and oxygen atoms in total. The number of carboxylic acid groups (broad SMARTS) is 1. The minimum Gasteiger partial charge on any atom is -0.477 e. The molecule has 0 saturated carbocycles. The Balaban J connectivity index is 2.70. The predicted molar refractivity (Wildman–Crippen MR) is 52.0 cm³/mol. The Labute approximate surface area is 89.5 Å². The molecular formula is C8H7ClN4O2. The fourth-order valence-electron chi connectivity index (χ4n) is 1.22. The Kier molecular flexibility index (Phi) is 2.28. The van der Waals surface area contributed by atoms with E-state index < -0.39 is 5.97 Å². The molecule has 0 saturated heterocycles. The maximum absolute atomic E-state index is 10.7. The van der Waals surface area contributed by atoms with E-state index in [1.165, 1.54) is 10.6 Å². The normalized spacial score (nSPS) is 10.8. The van der Waals surface area contributed by atoms with Crippen LogP contribution < -0.4 is 0 Å². The summed E-state index contributed by atoms with van der Waals surface area (Å²) in [7, 11) is 0. The lowest BCUT2D eigenvalue weighted by molar-refractivity contribution is 0.0690. The van der Waals surface area contributed by atoms with Crippen LogP contribution in [0.15, 0.2) is 6.07 Å². The summed E-state index contributed by atoms with van der Waals surface area (Å²) in [5.41, 5.74) is 0.606. The van der Waals surface area contributed by atoms with E-state index in [0.717, 1.165) is 0 Å². The number of aromatic nitrogens is 4. The molecule has 0 aliphatic heterocycles. The van der Waals surface area contributed by atoms with Gasteiger partial charge in [-0.15, -0.1) is 16.7 Å². The Morgan fingerprint density at radius 1 is 1.60 bits per heavy atom. The standard InChI is InChI=1S/C8H7ClN4O2/c1-4-2-5(7(14)15)10-8-11-6(3-9)12-13(4)8/h2H,3H2,1H3,(H,14,15). The average molecular weight is 227 g/mol. The molecule has 0 radical (unpaired) electrons. The molecule has 15 heavy (non-hydrogen) atoms. The Morgan fingerprint density at radius 3 is 2.93 bits per heavy atom. The molecular weight excluding hydrogens is 220 g/mol. The summed E-state index contributed by atoms with van der Waals surface area (Å²) in [4.78, 5) is 18.5. The molecule has 2 aromatic rings. The van der Waals surface area contributed by atoms with E-state index in [2.05, 4.69) is 15.1 Å². The van der Waals surface area contributed by atoms with Crippen LogP contribution in [0.4, 0.5) is 0 Å². The Morgan fingerprint density at radius 2 is 2.33 bits per heavy atom. The molecule has 0 aliphatic rings. The van der Waals surface area contributed by atoms with Gasteiger partial charge in [-0.05, 0) is 13.0 Å². The predicted octanol–water partition coefficient (Wildman–Crippen LogP) is 0.870. The van der Waals surface area contributed by atoms with Crippen LogP contribution in [0.2, 0.25) is 0 Å². The van der Waals surface area contributed by atoms with E-state index in [4.69, 9.17) is 16.7 Å². The second kappa shape index (κ2) is 3.47. The fourth-order valence-corrected chi connectivity index (χ4v) is 1.33. The summed E-state index contributed by atoms with van der Waals surface area (Å²) < 4.78 is 1.46. The summed E-state index contributed by atoms with van der Waals surface area (Å²) in [5, 5.41) is 12.8. The van der Waals surface area contributed by atoms with Crippen molar-refractivity contribution >= 4 is 23.3 Å². The number of hydrogen-bond acceptors (Lipinski definition) is 4. The number of fused-ring (bicyclic) bond motifs is 1. The van der Waals surface area contributed by atoms with E-state index in [1.807, 2.05) is 0 Å². The van der Waals surface area contributed by atoms with Crippen LogP contribution in [0.1, 0.15) is 22.0 Å². The zero-order valence-electron chi connectivity index (χ0n) is 7.81. The third-order valence-electron chi connectivity index (χ3n) is 1.87. The number of hydrogen-bond donors (Lipinski definition) is 1. The molecule has 2 aromatic heterocycles. The first-order valence-corrected chi connectivity index (χ1v) is 4.68. The summed E-state index contributed by atoms with van der Waals surface area (Å²) >= 11 is 5.57. The van der Waals surface area contributed by atoms with Gasteiger partial charge in [0.2, 0.25) is 0 Å². The van der Waals surface area contributed by atoms with E-state index >= 15 is 0 Å². The molecule has 1 N–H and O–H groups in total. The lowest BCUT2D eigenvalue weighted by Gasteiger charge is -1.98. The van der Waals surface area contributed by atoms with Crippen LogP contribution in [0.25, 0.3) is 5.78 Å². The van der Waals surface area contributed by atoms with Crippen LogP contribution in [-0.4, -0.2) is 30.7 Å². The van der Waals surface area contributed by atoms with Gasteiger partial charge in [-0.1, -0.05) is 0 Å². The third-order valence-corrected chi connectivity index (χ3v) is 2.11. The molecule has 0 unspecified atom stereocenters. The van der Waals surface area contributed by atoms with Crippen LogP contribution in [0.5, 0.6) is 0 Å². The van der Waals surface area contributed by atoms with Crippen molar-refractivity contribution in [2.45, 2.75) is 12.8 Å². The number of alkyl halides is 1. The highest BCUT2D eigenvalue weighted by molar-refractivity contribution is 6.16. The molecule has 0 amide bonds. The number of rotatable bonds is 2. The highest BCUT2D eigenvalue weighted by atomic mass is 35.5. The third kappa shape index (κ3) is 1.63. The van der Waals surface area contributed by atoms with Crippen LogP contribution in [0.3, 0.4) is 0 Å². The van der Waals surface area contributed by atoms with Gasteiger partial charge in [0, 0.05) is 5.69 Å². The van der Waals surface area contributed by atoms with Crippen LogP contribution >= 0.6 is 11.6 Å². The van der Waals surface area contributed by atoms with E-state index in [-0.39, 0.29) is 17.4 Å². The summed E-state index contributed by atoms with van der Waals surface area (Å²) in [6.07, 6.45) is 0.